The van der Waals surface area contributed by atoms with Crippen molar-refractivity contribution in [3.8, 4) is 0 Å². The number of amides is 1. The number of halogens is 1. The summed E-state index contributed by atoms with van der Waals surface area (Å²) in [5, 5.41) is 6.12. The average molecular weight is 377 g/mol. The van der Waals surface area contributed by atoms with Crippen LogP contribution in [0.3, 0.4) is 0 Å². The van der Waals surface area contributed by atoms with E-state index in [0.29, 0.717) is 12.2 Å². The van der Waals surface area contributed by atoms with Crippen molar-refractivity contribution in [2.75, 3.05) is 32.5 Å². The molecule has 0 atom stereocenters. The molecule has 0 aliphatic carbocycles. The Morgan fingerprint density at radius 1 is 1.22 bits per heavy atom. The number of hydrogen-bond donors (Lipinski definition) is 2. The van der Waals surface area contributed by atoms with Gasteiger partial charge in [0, 0.05) is 16.7 Å². The number of nitrogens with zero attached hydrogens (tertiary/aromatic N) is 2. The van der Waals surface area contributed by atoms with Crippen molar-refractivity contribution in [1.82, 2.24) is 15.2 Å². The summed E-state index contributed by atoms with van der Waals surface area (Å²) in [6, 6.07) is 11.4. The van der Waals surface area contributed by atoms with Crippen LogP contribution in [0.25, 0.3) is 0 Å². The molecular weight excluding hydrogens is 356 g/mol. The maximum Gasteiger partial charge on any atom is 0.269 e. The summed E-state index contributed by atoms with van der Waals surface area (Å²) in [6.45, 7) is 1.60. The van der Waals surface area contributed by atoms with Crippen LogP contribution in [0, 0.1) is 0 Å². The van der Waals surface area contributed by atoms with Gasteiger partial charge in [0.15, 0.2) is 0 Å². The van der Waals surface area contributed by atoms with E-state index in [-0.39, 0.29) is 5.91 Å². The Labute approximate surface area is 145 Å². The first-order valence-electron chi connectivity index (χ1n) is 7.46. The first kappa shape index (κ1) is 17.4. The van der Waals surface area contributed by atoms with Crippen LogP contribution in [0.2, 0.25) is 0 Å². The van der Waals surface area contributed by atoms with Gasteiger partial charge in [0.1, 0.15) is 5.69 Å². The molecule has 1 amide bonds. The number of hydrogen-bond acceptors (Lipinski definition) is 4. The standard InChI is InChI=1S/C17H21BrN4O/c1-22(2)10-4-9-19-17(23)16-8-7-15(12-20-16)21-14-6-3-5-13(18)11-14/h3,5-8,11-12,21H,4,9-10H2,1-2H3,(H,19,23). The monoisotopic (exact) mass is 376 g/mol. The largest absolute Gasteiger partial charge is 0.354 e. The van der Waals surface area contributed by atoms with Gasteiger partial charge in [0.05, 0.1) is 11.9 Å². The summed E-state index contributed by atoms with van der Waals surface area (Å²) < 4.78 is 1.00. The third-order valence-corrected chi connectivity index (χ3v) is 3.67. The second kappa shape index (κ2) is 8.64. The molecule has 2 aromatic rings. The van der Waals surface area contributed by atoms with Crippen LogP contribution in [0.15, 0.2) is 47.1 Å². The smallest absolute Gasteiger partial charge is 0.269 e. The van der Waals surface area contributed by atoms with Gasteiger partial charge in [-0.15, -0.1) is 0 Å². The van der Waals surface area contributed by atoms with Crippen LogP contribution in [0.4, 0.5) is 11.4 Å². The predicted molar refractivity (Wildman–Crippen MR) is 97.2 cm³/mol. The van der Waals surface area contributed by atoms with E-state index >= 15 is 0 Å². The molecule has 6 heteroatoms. The van der Waals surface area contributed by atoms with Gasteiger partial charge in [-0.1, -0.05) is 22.0 Å². The SMILES string of the molecule is CN(C)CCCNC(=O)c1ccc(Nc2cccc(Br)c2)cn1. The number of benzene rings is 1. The average Bonchev–Trinajstić information content (AvgIpc) is 2.52. The van der Waals surface area contributed by atoms with Crippen molar-refractivity contribution in [2.45, 2.75) is 6.42 Å². The number of nitrogens with one attached hydrogen (secondary N) is 2. The van der Waals surface area contributed by atoms with E-state index in [4.69, 9.17) is 0 Å². The van der Waals surface area contributed by atoms with Crippen molar-refractivity contribution < 1.29 is 4.79 Å². The third kappa shape index (κ3) is 6.00. The zero-order chi connectivity index (χ0) is 16.7. The molecular formula is C17H21BrN4O. The Morgan fingerprint density at radius 2 is 2.04 bits per heavy atom. The molecule has 1 heterocycles. The molecule has 122 valence electrons. The number of carbonyl (C=O) groups is 1. The molecule has 23 heavy (non-hydrogen) atoms. The van der Waals surface area contributed by atoms with Crippen molar-refractivity contribution in [3.63, 3.8) is 0 Å². The molecule has 0 bridgehead atoms. The highest BCUT2D eigenvalue weighted by Gasteiger charge is 2.06. The minimum Gasteiger partial charge on any atom is -0.354 e. The zero-order valence-corrected chi connectivity index (χ0v) is 14.9. The lowest BCUT2D eigenvalue weighted by Gasteiger charge is -2.10. The van der Waals surface area contributed by atoms with E-state index in [1.165, 1.54) is 0 Å². The van der Waals surface area contributed by atoms with E-state index in [1.807, 2.05) is 44.4 Å². The van der Waals surface area contributed by atoms with Crippen LogP contribution < -0.4 is 10.6 Å². The summed E-state index contributed by atoms with van der Waals surface area (Å²) in [5.41, 5.74) is 2.23. The quantitative estimate of drug-likeness (QED) is 0.728. The Hall–Kier alpha value is -1.92. The lowest BCUT2D eigenvalue weighted by molar-refractivity contribution is 0.0947. The predicted octanol–water partition coefficient (Wildman–Crippen LogP) is 3.27. The highest BCUT2D eigenvalue weighted by molar-refractivity contribution is 9.10. The second-order valence-electron chi connectivity index (χ2n) is 5.48. The van der Waals surface area contributed by atoms with E-state index in [0.717, 1.165) is 28.8 Å². The van der Waals surface area contributed by atoms with Crippen LogP contribution in [0.1, 0.15) is 16.9 Å². The van der Waals surface area contributed by atoms with Gasteiger partial charge in [-0.05, 0) is 57.4 Å². The first-order valence-corrected chi connectivity index (χ1v) is 8.25. The Kier molecular flexibility index (Phi) is 6.55. The maximum absolute atomic E-state index is 12.0. The Morgan fingerprint density at radius 3 is 2.70 bits per heavy atom. The van der Waals surface area contributed by atoms with Gasteiger partial charge in [0.25, 0.3) is 5.91 Å². The molecule has 0 spiro atoms. The van der Waals surface area contributed by atoms with Crippen LogP contribution in [-0.2, 0) is 0 Å². The highest BCUT2D eigenvalue weighted by atomic mass is 79.9. The molecule has 5 nitrogen and oxygen atoms in total. The maximum atomic E-state index is 12.0. The number of aromatic nitrogens is 1. The second-order valence-corrected chi connectivity index (χ2v) is 6.40. The normalized spacial score (nSPS) is 10.6. The molecule has 0 saturated carbocycles. The summed E-state index contributed by atoms with van der Waals surface area (Å²) in [7, 11) is 4.03. The number of carbonyl (C=O) groups excluding carboxylic acids is 1. The van der Waals surface area contributed by atoms with E-state index < -0.39 is 0 Å². The Bertz CT molecular complexity index is 643. The molecule has 0 saturated heterocycles. The molecule has 0 unspecified atom stereocenters. The molecule has 1 aromatic heterocycles. The first-order chi connectivity index (χ1) is 11.0. The van der Waals surface area contributed by atoms with Crippen LogP contribution >= 0.6 is 15.9 Å². The number of pyridine rings is 1. The fraction of sp³-hybridized carbons (Fsp3) is 0.294. The van der Waals surface area contributed by atoms with E-state index in [2.05, 4.69) is 36.4 Å². The van der Waals surface area contributed by atoms with Gasteiger partial charge in [-0.3, -0.25) is 4.79 Å². The molecule has 0 aliphatic rings. The summed E-state index contributed by atoms with van der Waals surface area (Å²) in [4.78, 5) is 18.3. The van der Waals surface area contributed by atoms with Crippen molar-refractivity contribution in [1.29, 1.82) is 0 Å². The molecule has 0 fully saturated rings. The third-order valence-electron chi connectivity index (χ3n) is 3.18. The van der Waals surface area contributed by atoms with Gasteiger partial charge >= 0.3 is 0 Å². The van der Waals surface area contributed by atoms with Crippen molar-refractivity contribution in [3.05, 3.63) is 52.8 Å². The van der Waals surface area contributed by atoms with Crippen molar-refractivity contribution >= 4 is 33.2 Å². The molecule has 1 aromatic carbocycles. The van der Waals surface area contributed by atoms with Crippen molar-refractivity contribution in [2.24, 2.45) is 0 Å². The lowest BCUT2D eigenvalue weighted by atomic mass is 10.3. The lowest BCUT2D eigenvalue weighted by Crippen LogP contribution is -2.27. The molecule has 0 aliphatic heterocycles. The zero-order valence-electron chi connectivity index (χ0n) is 13.3. The summed E-state index contributed by atoms with van der Waals surface area (Å²) in [6.07, 6.45) is 2.58. The summed E-state index contributed by atoms with van der Waals surface area (Å²) >= 11 is 3.43. The summed E-state index contributed by atoms with van der Waals surface area (Å²) in [5.74, 6) is -0.141. The van der Waals surface area contributed by atoms with Gasteiger partial charge in [-0.25, -0.2) is 4.98 Å². The number of rotatable bonds is 7. The van der Waals surface area contributed by atoms with E-state index in [1.54, 1.807) is 12.3 Å². The molecule has 0 radical (unpaired) electrons. The highest BCUT2D eigenvalue weighted by Crippen LogP contribution is 2.19. The fourth-order valence-electron chi connectivity index (χ4n) is 2.02. The van der Waals surface area contributed by atoms with Crippen LogP contribution in [-0.4, -0.2) is 43.0 Å². The van der Waals surface area contributed by atoms with Gasteiger partial charge < -0.3 is 15.5 Å². The van der Waals surface area contributed by atoms with Gasteiger partial charge in [0.2, 0.25) is 0 Å². The van der Waals surface area contributed by atoms with E-state index in [9.17, 15) is 4.79 Å². The van der Waals surface area contributed by atoms with Gasteiger partial charge in [-0.2, -0.15) is 0 Å². The Balaban J connectivity index is 1.87. The molecule has 2 N–H and O–H groups in total. The number of anilines is 2. The minimum absolute atomic E-state index is 0.141. The molecule has 2 rings (SSSR count). The minimum atomic E-state index is -0.141. The fourth-order valence-corrected chi connectivity index (χ4v) is 2.42. The van der Waals surface area contributed by atoms with Crippen LogP contribution in [0.5, 0.6) is 0 Å². The topological polar surface area (TPSA) is 57.3 Å².